The topological polar surface area (TPSA) is 50.4 Å². The van der Waals surface area contributed by atoms with Gasteiger partial charge in [0.05, 0.1) is 5.56 Å². The highest BCUT2D eigenvalue weighted by Gasteiger charge is 2.37. The van der Waals surface area contributed by atoms with Crippen molar-refractivity contribution < 1.29 is 9.53 Å². The minimum atomic E-state index is -0.341. The molecule has 2 aliphatic rings. The number of hydrogen-bond donors (Lipinski definition) is 2. The number of rotatable bonds is 6. The van der Waals surface area contributed by atoms with Crippen LogP contribution in [0.4, 0.5) is 5.00 Å². The minimum absolute atomic E-state index is 0.0124. The smallest absolute Gasteiger partial charge is 0.256 e. The third kappa shape index (κ3) is 4.50. The molecule has 2 aromatic carbocycles. The van der Waals surface area contributed by atoms with Gasteiger partial charge in [-0.3, -0.25) is 4.79 Å². The number of halogens is 1. The van der Waals surface area contributed by atoms with Crippen molar-refractivity contribution in [1.82, 2.24) is 5.32 Å². The van der Waals surface area contributed by atoms with Gasteiger partial charge in [0.2, 0.25) is 0 Å². The molecule has 1 aliphatic carbocycles. The van der Waals surface area contributed by atoms with Crippen LogP contribution in [0, 0.1) is 11.3 Å². The van der Waals surface area contributed by atoms with Crippen LogP contribution in [0.2, 0.25) is 0 Å². The first-order valence-electron chi connectivity index (χ1n) is 12.0. The number of amides is 1. The Labute approximate surface area is 214 Å². The Balaban J connectivity index is 1.41. The second-order valence-corrected chi connectivity index (χ2v) is 12.0. The predicted octanol–water partition coefficient (Wildman–Crippen LogP) is 7.48. The van der Waals surface area contributed by atoms with E-state index in [1.807, 2.05) is 36.4 Å². The fourth-order valence-corrected chi connectivity index (χ4v) is 6.75. The van der Waals surface area contributed by atoms with E-state index in [1.165, 1.54) is 16.9 Å². The molecule has 5 rings (SSSR count). The highest BCUT2D eigenvalue weighted by molar-refractivity contribution is 9.10. The predicted molar refractivity (Wildman–Crippen MR) is 143 cm³/mol. The molecule has 2 heterocycles. The first-order valence-corrected chi connectivity index (χ1v) is 13.6. The lowest BCUT2D eigenvalue weighted by atomic mass is 9.69. The average Bonchev–Trinajstić information content (AvgIpc) is 3.22. The van der Waals surface area contributed by atoms with Crippen molar-refractivity contribution in [2.24, 2.45) is 11.3 Å². The molecule has 6 heteroatoms. The highest BCUT2D eigenvalue weighted by atomic mass is 79.9. The molecular weight excluding hydrogens is 508 g/mol. The fourth-order valence-electron chi connectivity index (χ4n) is 5.02. The summed E-state index contributed by atoms with van der Waals surface area (Å²) in [6.07, 6.45) is 4.03. The molecular formula is C28H31BrN2O2S. The maximum Gasteiger partial charge on any atom is 0.256 e. The van der Waals surface area contributed by atoms with Crippen LogP contribution in [0.15, 0.2) is 53.0 Å². The highest BCUT2D eigenvalue weighted by Crippen LogP contribution is 2.47. The van der Waals surface area contributed by atoms with E-state index in [2.05, 4.69) is 59.5 Å². The standard InChI is InChI=1S/C28H31BrN2O2S/c1-4-28(2,3)18-10-12-20-23(14-18)34-27-24(20)26(32)30-25(31-27)21-15-19(29)11-13-22(21)33-16-17-8-6-5-7-9-17/h5-9,11,13,15,18,25,31H,4,10,12,14,16H2,1-3H3,(H,30,32)/t18-,25+/m0/s1. The van der Waals surface area contributed by atoms with Crippen LogP contribution >= 0.6 is 27.3 Å². The van der Waals surface area contributed by atoms with Gasteiger partial charge in [-0.15, -0.1) is 11.3 Å². The zero-order valence-corrected chi connectivity index (χ0v) is 22.3. The minimum Gasteiger partial charge on any atom is -0.488 e. The van der Waals surface area contributed by atoms with Crippen molar-refractivity contribution in [3.63, 3.8) is 0 Å². The normalized spacial score (nSPS) is 19.6. The van der Waals surface area contributed by atoms with Crippen LogP contribution in [0.25, 0.3) is 0 Å². The summed E-state index contributed by atoms with van der Waals surface area (Å²) >= 11 is 5.36. The van der Waals surface area contributed by atoms with Crippen molar-refractivity contribution in [1.29, 1.82) is 0 Å². The first kappa shape index (κ1) is 23.4. The molecule has 0 unspecified atom stereocenters. The number of benzene rings is 2. The molecule has 0 radical (unpaired) electrons. The first-order chi connectivity index (χ1) is 16.4. The molecule has 3 aromatic rings. The monoisotopic (exact) mass is 538 g/mol. The van der Waals surface area contributed by atoms with Crippen LogP contribution in [0.5, 0.6) is 5.75 Å². The number of carbonyl (C=O) groups is 1. The maximum absolute atomic E-state index is 13.3. The van der Waals surface area contributed by atoms with Gasteiger partial charge in [-0.1, -0.05) is 73.5 Å². The van der Waals surface area contributed by atoms with E-state index in [0.717, 1.165) is 51.2 Å². The van der Waals surface area contributed by atoms with Crippen LogP contribution in [0.1, 0.15) is 71.7 Å². The van der Waals surface area contributed by atoms with Crippen molar-refractivity contribution in [2.75, 3.05) is 5.32 Å². The maximum atomic E-state index is 13.3. The summed E-state index contributed by atoms with van der Waals surface area (Å²) < 4.78 is 7.14. The number of anilines is 1. The summed E-state index contributed by atoms with van der Waals surface area (Å²) in [5.41, 5.74) is 4.45. The van der Waals surface area contributed by atoms with Crippen molar-refractivity contribution in [2.45, 2.75) is 59.2 Å². The van der Waals surface area contributed by atoms with Crippen molar-refractivity contribution in [3.8, 4) is 5.75 Å². The Hall–Kier alpha value is -2.31. The molecule has 1 amide bonds. The lowest BCUT2D eigenvalue weighted by molar-refractivity contribution is 0.0934. The molecule has 0 fully saturated rings. The average molecular weight is 540 g/mol. The SMILES string of the molecule is CCC(C)(C)[C@H]1CCc2c(sc3c2C(=O)N[C@@H](c2cc(Br)ccc2OCc2ccccc2)N3)C1. The number of carbonyl (C=O) groups excluding carboxylic acids is 1. The number of nitrogens with one attached hydrogen (secondary N) is 2. The molecule has 0 bridgehead atoms. The number of thiophene rings is 1. The van der Waals surface area contributed by atoms with E-state index in [4.69, 9.17) is 4.74 Å². The molecule has 0 saturated heterocycles. The largest absolute Gasteiger partial charge is 0.488 e. The van der Waals surface area contributed by atoms with Gasteiger partial charge in [0.1, 0.15) is 23.5 Å². The van der Waals surface area contributed by atoms with Gasteiger partial charge in [-0.25, -0.2) is 0 Å². The van der Waals surface area contributed by atoms with Crippen LogP contribution in [-0.2, 0) is 19.4 Å². The van der Waals surface area contributed by atoms with Gasteiger partial charge in [0, 0.05) is 14.9 Å². The Morgan fingerprint density at radius 1 is 1.15 bits per heavy atom. The van der Waals surface area contributed by atoms with Crippen LogP contribution in [0.3, 0.4) is 0 Å². The number of hydrogen-bond acceptors (Lipinski definition) is 4. The second kappa shape index (κ2) is 9.38. The van der Waals surface area contributed by atoms with E-state index < -0.39 is 0 Å². The zero-order valence-electron chi connectivity index (χ0n) is 19.9. The van der Waals surface area contributed by atoms with Gasteiger partial charge in [0.25, 0.3) is 5.91 Å². The summed E-state index contributed by atoms with van der Waals surface area (Å²) in [6.45, 7) is 7.51. The lowest BCUT2D eigenvalue weighted by Gasteiger charge is -2.36. The molecule has 34 heavy (non-hydrogen) atoms. The van der Waals surface area contributed by atoms with E-state index in [9.17, 15) is 4.79 Å². The summed E-state index contributed by atoms with van der Waals surface area (Å²) in [5, 5.41) is 7.81. The molecule has 0 saturated carbocycles. The fraction of sp³-hybridized carbons (Fsp3) is 0.393. The van der Waals surface area contributed by atoms with E-state index in [1.54, 1.807) is 11.3 Å². The zero-order chi connectivity index (χ0) is 23.9. The Morgan fingerprint density at radius 3 is 2.71 bits per heavy atom. The quantitative estimate of drug-likeness (QED) is 0.341. The molecule has 1 aromatic heterocycles. The second-order valence-electron chi connectivity index (χ2n) is 10.00. The van der Waals surface area contributed by atoms with Crippen molar-refractivity contribution >= 4 is 38.2 Å². The molecule has 178 valence electrons. The van der Waals surface area contributed by atoms with Crippen LogP contribution in [-0.4, -0.2) is 5.91 Å². The van der Waals surface area contributed by atoms with Crippen LogP contribution < -0.4 is 15.4 Å². The van der Waals surface area contributed by atoms with Gasteiger partial charge < -0.3 is 15.4 Å². The molecule has 2 atom stereocenters. The van der Waals surface area contributed by atoms with Gasteiger partial charge >= 0.3 is 0 Å². The van der Waals surface area contributed by atoms with Gasteiger partial charge in [-0.05, 0) is 59.9 Å². The number of fused-ring (bicyclic) bond motifs is 3. The number of ether oxygens (including phenoxy) is 1. The van der Waals surface area contributed by atoms with Gasteiger partial charge in [-0.2, -0.15) is 0 Å². The van der Waals surface area contributed by atoms with E-state index >= 15 is 0 Å². The third-order valence-electron chi connectivity index (χ3n) is 7.58. The molecule has 0 spiro atoms. The Kier molecular flexibility index (Phi) is 6.47. The summed E-state index contributed by atoms with van der Waals surface area (Å²) in [7, 11) is 0. The van der Waals surface area contributed by atoms with Gasteiger partial charge in [0.15, 0.2) is 0 Å². The van der Waals surface area contributed by atoms with E-state index in [-0.39, 0.29) is 12.1 Å². The Morgan fingerprint density at radius 2 is 1.94 bits per heavy atom. The lowest BCUT2D eigenvalue weighted by Crippen LogP contribution is -2.38. The molecule has 4 nitrogen and oxygen atoms in total. The van der Waals surface area contributed by atoms with E-state index in [0.29, 0.717) is 17.9 Å². The summed E-state index contributed by atoms with van der Waals surface area (Å²) in [5.74, 6) is 1.44. The van der Waals surface area contributed by atoms with Crippen molar-refractivity contribution in [3.05, 3.63) is 80.1 Å². The Bertz CT molecular complexity index is 1200. The molecule has 1 aliphatic heterocycles. The summed E-state index contributed by atoms with van der Waals surface area (Å²) in [6, 6.07) is 16.1. The molecule has 2 N–H and O–H groups in total. The third-order valence-corrected chi connectivity index (χ3v) is 9.26. The summed E-state index contributed by atoms with van der Waals surface area (Å²) in [4.78, 5) is 14.7.